The normalized spacial score (nSPS) is 15.2. The van der Waals surface area contributed by atoms with Crippen molar-refractivity contribution >= 4 is 12.0 Å². The summed E-state index contributed by atoms with van der Waals surface area (Å²) < 4.78 is 2.23. The number of carbonyl (C=O) groups is 1. The van der Waals surface area contributed by atoms with Crippen molar-refractivity contribution in [1.29, 1.82) is 0 Å². The lowest BCUT2D eigenvalue weighted by Gasteiger charge is -2.22. The molecule has 0 fully saturated rings. The molecule has 184 valence electrons. The van der Waals surface area contributed by atoms with E-state index in [0.29, 0.717) is 11.5 Å². The first-order valence-corrected chi connectivity index (χ1v) is 12.6. The third-order valence-corrected chi connectivity index (χ3v) is 6.43. The Morgan fingerprint density at radius 1 is 1.03 bits per heavy atom. The molecule has 0 radical (unpaired) electrons. The van der Waals surface area contributed by atoms with Gasteiger partial charge in [-0.2, -0.15) is 0 Å². The van der Waals surface area contributed by atoms with Crippen molar-refractivity contribution in [3.8, 4) is 0 Å². The van der Waals surface area contributed by atoms with Gasteiger partial charge in [-0.15, -0.1) is 10.2 Å². The van der Waals surface area contributed by atoms with E-state index in [2.05, 4.69) is 81.3 Å². The third kappa shape index (κ3) is 6.67. The maximum atomic E-state index is 13.2. The zero-order valence-corrected chi connectivity index (χ0v) is 21.4. The monoisotopic (exact) mass is 471 g/mol. The average Bonchev–Trinajstić information content (AvgIpc) is 3.12. The Morgan fingerprint density at radius 2 is 1.77 bits per heavy atom. The van der Waals surface area contributed by atoms with E-state index in [9.17, 15) is 4.79 Å². The molecule has 1 aliphatic heterocycles. The number of benzene rings is 2. The molecule has 1 amide bonds. The largest absolute Gasteiger partial charge is 0.342 e. The summed E-state index contributed by atoms with van der Waals surface area (Å²) in [7, 11) is 0. The topological polar surface area (TPSA) is 63.1 Å². The van der Waals surface area contributed by atoms with Crippen LogP contribution in [0.2, 0.25) is 0 Å². The van der Waals surface area contributed by atoms with Crippen LogP contribution >= 0.6 is 0 Å². The van der Waals surface area contributed by atoms with Gasteiger partial charge < -0.3 is 9.88 Å². The van der Waals surface area contributed by atoms with Gasteiger partial charge in [0.2, 0.25) is 0 Å². The minimum Gasteiger partial charge on any atom is -0.342 e. The summed E-state index contributed by atoms with van der Waals surface area (Å²) >= 11 is 0. The Labute approximate surface area is 209 Å². The van der Waals surface area contributed by atoms with E-state index in [4.69, 9.17) is 0 Å². The SMILES string of the molecule is Cc1cc(C)cc(C(=O)N[C@H](CC(C)C)c2nnc3n2CCN(C/C=C/c2ccccc2)CC3)c1. The first-order valence-electron chi connectivity index (χ1n) is 12.6. The number of hydrogen-bond acceptors (Lipinski definition) is 4. The summed E-state index contributed by atoms with van der Waals surface area (Å²) in [6, 6.07) is 16.2. The van der Waals surface area contributed by atoms with Crippen molar-refractivity contribution in [1.82, 2.24) is 25.0 Å². The minimum atomic E-state index is -0.172. The smallest absolute Gasteiger partial charge is 0.251 e. The zero-order valence-electron chi connectivity index (χ0n) is 21.4. The number of rotatable bonds is 8. The zero-order chi connectivity index (χ0) is 24.8. The summed E-state index contributed by atoms with van der Waals surface area (Å²) in [5.41, 5.74) is 4.10. The molecule has 0 saturated heterocycles. The van der Waals surface area contributed by atoms with Crippen molar-refractivity contribution in [2.45, 2.75) is 53.1 Å². The van der Waals surface area contributed by atoms with Crippen molar-refractivity contribution in [2.75, 3.05) is 19.6 Å². The van der Waals surface area contributed by atoms with Gasteiger partial charge in [0.15, 0.2) is 5.82 Å². The third-order valence-electron chi connectivity index (χ3n) is 6.43. The molecule has 0 bridgehead atoms. The second kappa shape index (κ2) is 11.5. The fraction of sp³-hybridized carbons (Fsp3) is 0.414. The second-order valence-corrected chi connectivity index (χ2v) is 10.0. The van der Waals surface area contributed by atoms with Gasteiger partial charge in [-0.05, 0) is 43.9 Å². The summed E-state index contributed by atoms with van der Waals surface area (Å²) in [4.78, 5) is 15.6. The summed E-state index contributed by atoms with van der Waals surface area (Å²) in [5.74, 6) is 2.23. The van der Waals surface area contributed by atoms with Crippen LogP contribution in [0, 0.1) is 19.8 Å². The molecule has 1 N–H and O–H groups in total. The highest BCUT2D eigenvalue weighted by atomic mass is 16.1. The number of carbonyl (C=O) groups excluding carboxylic acids is 1. The molecule has 1 aliphatic rings. The van der Waals surface area contributed by atoms with Crippen molar-refractivity contribution < 1.29 is 4.79 Å². The molecule has 1 aromatic heterocycles. The molecule has 3 aromatic rings. The number of fused-ring (bicyclic) bond motifs is 1. The van der Waals surface area contributed by atoms with Crippen LogP contribution in [0.15, 0.2) is 54.6 Å². The molecule has 0 unspecified atom stereocenters. The number of nitrogens with one attached hydrogen (secondary N) is 1. The fourth-order valence-corrected chi connectivity index (χ4v) is 4.78. The molecule has 1 atom stereocenters. The highest BCUT2D eigenvalue weighted by Gasteiger charge is 2.26. The molecule has 4 rings (SSSR count). The predicted octanol–water partition coefficient (Wildman–Crippen LogP) is 4.98. The molecule has 2 heterocycles. The molecule has 6 heteroatoms. The van der Waals surface area contributed by atoms with Gasteiger partial charge in [-0.25, -0.2) is 0 Å². The van der Waals surface area contributed by atoms with Gasteiger partial charge in [-0.1, -0.05) is 73.5 Å². The Hall–Kier alpha value is -3.25. The lowest BCUT2D eigenvalue weighted by Crippen LogP contribution is -2.32. The van der Waals surface area contributed by atoms with E-state index in [-0.39, 0.29) is 11.9 Å². The van der Waals surface area contributed by atoms with E-state index in [1.54, 1.807) is 0 Å². The molecule has 35 heavy (non-hydrogen) atoms. The fourth-order valence-electron chi connectivity index (χ4n) is 4.78. The standard InChI is InChI=1S/C29H37N5O/c1-21(2)17-26(30-29(35)25-19-22(3)18-23(4)20-25)28-32-31-27-12-14-33(15-16-34(27)28)13-8-11-24-9-6-5-7-10-24/h5-11,18-21,26H,12-17H2,1-4H3,(H,30,35)/b11-8+/t26-/m1/s1. The Morgan fingerprint density at radius 3 is 2.49 bits per heavy atom. The molecule has 6 nitrogen and oxygen atoms in total. The quantitative estimate of drug-likeness (QED) is 0.503. The second-order valence-electron chi connectivity index (χ2n) is 10.0. The first-order chi connectivity index (χ1) is 16.9. The minimum absolute atomic E-state index is 0.0545. The van der Waals surface area contributed by atoms with E-state index in [1.165, 1.54) is 5.56 Å². The van der Waals surface area contributed by atoms with Gasteiger partial charge >= 0.3 is 0 Å². The predicted molar refractivity (Wildman–Crippen MR) is 141 cm³/mol. The van der Waals surface area contributed by atoms with Gasteiger partial charge in [0, 0.05) is 38.2 Å². The Bertz CT molecular complexity index is 1140. The van der Waals surface area contributed by atoms with E-state index in [0.717, 1.165) is 61.8 Å². The lowest BCUT2D eigenvalue weighted by molar-refractivity contribution is 0.0928. The van der Waals surface area contributed by atoms with Gasteiger partial charge in [0.1, 0.15) is 5.82 Å². The number of amides is 1. The molecular weight excluding hydrogens is 434 g/mol. The van der Waals surface area contributed by atoms with Crippen LogP contribution in [0.25, 0.3) is 6.08 Å². The van der Waals surface area contributed by atoms with E-state index < -0.39 is 0 Å². The maximum absolute atomic E-state index is 13.2. The van der Waals surface area contributed by atoms with Crippen LogP contribution < -0.4 is 5.32 Å². The number of aromatic nitrogens is 3. The van der Waals surface area contributed by atoms with Crippen molar-refractivity contribution in [3.63, 3.8) is 0 Å². The summed E-state index contributed by atoms with van der Waals surface area (Å²) in [6.45, 7) is 12.0. The van der Waals surface area contributed by atoms with Crippen LogP contribution in [-0.2, 0) is 13.0 Å². The number of nitrogens with zero attached hydrogens (tertiary/aromatic N) is 4. The molecular formula is C29H37N5O. The Kier molecular flexibility index (Phi) is 8.13. The first kappa shape index (κ1) is 24.9. The number of aryl methyl sites for hydroxylation is 2. The highest BCUT2D eigenvalue weighted by Crippen LogP contribution is 2.23. The molecule has 0 aliphatic carbocycles. The maximum Gasteiger partial charge on any atom is 0.251 e. The van der Waals surface area contributed by atoms with Crippen molar-refractivity contribution in [2.24, 2.45) is 5.92 Å². The van der Waals surface area contributed by atoms with Gasteiger partial charge in [-0.3, -0.25) is 9.69 Å². The summed E-state index contributed by atoms with van der Waals surface area (Å²) in [6.07, 6.45) is 6.08. The molecule has 2 aromatic carbocycles. The highest BCUT2D eigenvalue weighted by molar-refractivity contribution is 5.94. The van der Waals surface area contributed by atoms with E-state index >= 15 is 0 Å². The molecule has 0 spiro atoms. The lowest BCUT2D eigenvalue weighted by atomic mass is 10.0. The van der Waals surface area contributed by atoms with Crippen LogP contribution in [-0.4, -0.2) is 45.2 Å². The van der Waals surface area contributed by atoms with Gasteiger partial charge in [0.25, 0.3) is 5.91 Å². The summed E-state index contributed by atoms with van der Waals surface area (Å²) in [5, 5.41) is 12.4. The van der Waals surface area contributed by atoms with Crippen molar-refractivity contribution in [3.05, 3.63) is 88.5 Å². The van der Waals surface area contributed by atoms with Crippen LogP contribution in [0.1, 0.15) is 65.0 Å². The average molecular weight is 472 g/mol. The van der Waals surface area contributed by atoms with Crippen LogP contribution in [0.4, 0.5) is 0 Å². The van der Waals surface area contributed by atoms with Gasteiger partial charge in [0.05, 0.1) is 6.04 Å². The van der Waals surface area contributed by atoms with E-state index in [1.807, 2.05) is 32.0 Å². The van der Waals surface area contributed by atoms with Crippen LogP contribution in [0.3, 0.4) is 0 Å². The molecule has 0 saturated carbocycles. The Balaban J connectivity index is 1.46. The number of hydrogen-bond donors (Lipinski definition) is 1. The van der Waals surface area contributed by atoms with Crippen LogP contribution in [0.5, 0.6) is 0 Å².